The number of hydrogen-bond acceptors (Lipinski definition) is 5. The lowest BCUT2D eigenvalue weighted by Crippen LogP contribution is -2.40. The van der Waals surface area contributed by atoms with Crippen molar-refractivity contribution in [1.82, 2.24) is 0 Å². The number of aliphatic hydroxyl groups is 3. The van der Waals surface area contributed by atoms with Crippen molar-refractivity contribution in [2.24, 2.45) is 0 Å². The first-order chi connectivity index (χ1) is 10.2. The second kappa shape index (κ2) is 11.2. The summed E-state index contributed by atoms with van der Waals surface area (Å²) in [6, 6.07) is 0. The van der Waals surface area contributed by atoms with Crippen molar-refractivity contribution in [2.45, 2.75) is 69.9 Å². The molecule has 1 rings (SSSR count). The topological polar surface area (TPSA) is 79.2 Å². The minimum atomic E-state index is -1.03. The molecule has 21 heavy (non-hydrogen) atoms. The van der Waals surface area contributed by atoms with Crippen LogP contribution in [0.4, 0.5) is 0 Å². The molecule has 0 radical (unpaired) electrons. The van der Waals surface area contributed by atoms with Crippen molar-refractivity contribution in [3.8, 4) is 0 Å². The van der Waals surface area contributed by atoms with Crippen LogP contribution in [0.5, 0.6) is 0 Å². The third-order valence-corrected chi connectivity index (χ3v) is 3.67. The normalized spacial score (nSPS) is 27.5. The Morgan fingerprint density at radius 3 is 2.62 bits per heavy atom. The summed E-state index contributed by atoms with van der Waals surface area (Å²) in [5.74, 6) is 0. The highest BCUT2D eigenvalue weighted by atomic mass is 16.5. The van der Waals surface area contributed by atoms with Crippen molar-refractivity contribution < 1.29 is 24.8 Å². The van der Waals surface area contributed by atoms with Crippen LogP contribution in [-0.4, -0.2) is 59.6 Å². The highest BCUT2D eigenvalue weighted by molar-refractivity contribution is 4.87. The Kier molecular flexibility index (Phi) is 9.87. The molecule has 0 aromatic rings. The van der Waals surface area contributed by atoms with Gasteiger partial charge >= 0.3 is 0 Å². The maximum absolute atomic E-state index is 9.83. The summed E-state index contributed by atoms with van der Waals surface area (Å²) in [5.41, 5.74) is 0. The van der Waals surface area contributed by atoms with Crippen molar-refractivity contribution >= 4 is 0 Å². The Balaban J connectivity index is 1.93. The van der Waals surface area contributed by atoms with Crippen LogP contribution in [0.2, 0.25) is 0 Å². The fraction of sp³-hybridized carbons (Fsp3) is 0.875. The summed E-state index contributed by atoms with van der Waals surface area (Å²) in [5, 5.41) is 28.8. The monoisotopic (exact) mass is 302 g/mol. The second-order valence-corrected chi connectivity index (χ2v) is 5.58. The van der Waals surface area contributed by atoms with Gasteiger partial charge in [0.25, 0.3) is 0 Å². The molecule has 0 saturated carbocycles. The zero-order valence-electron chi connectivity index (χ0n) is 13.0. The van der Waals surface area contributed by atoms with E-state index in [1.165, 1.54) is 12.8 Å². The Morgan fingerprint density at radius 1 is 1.19 bits per heavy atom. The maximum atomic E-state index is 9.83. The van der Waals surface area contributed by atoms with E-state index in [0.717, 1.165) is 25.7 Å². The Morgan fingerprint density at radius 2 is 1.95 bits per heavy atom. The van der Waals surface area contributed by atoms with E-state index in [4.69, 9.17) is 9.47 Å². The van der Waals surface area contributed by atoms with Crippen LogP contribution in [-0.2, 0) is 9.47 Å². The van der Waals surface area contributed by atoms with Crippen molar-refractivity contribution in [2.75, 3.05) is 19.8 Å². The van der Waals surface area contributed by atoms with Gasteiger partial charge in [-0.3, -0.25) is 0 Å². The summed E-state index contributed by atoms with van der Waals surface area (Å²) in [4.78, 5) is 0. The standard InChI is InChI=1S/C16H30O5/c1-2-3-4-5-6-7-8-9-10-20-11-14(18)16-15(19)13(17)12-21-16/h3-4,13-19H,2,5-12H2,1H3/b4-3+/t13-,14+,15+,16+/m1/s1. The molecule has 5 nitrogen and oxygen atoms in total. The molecule has 0 aromatic heterocycles. The third-order valence-electron chi connectivity index (χ3n) is 3.67. The smallest absolute Gasteiger partial charge is 0.114 e. The zero-order valence-corrected chi connectivity index (χ0v) is 13.0. The molecule has 124 valence electrons. The molecular weight excluding hydrogens is 272 g/mol. The van der Waals surface area contributed by atoms with Crippen LogP contribution < -0.4 is 0 Å². The quantitative estimate of drug-likeness (QED) is 0.397. The van der Waals surface area contributed by atoms with Gasteiger partial charge in [-0.15, -0.1) is 0 Å². The average Bonchev–Trinajstić information content (AvgIpc) is 2.81. The summed E-state index contributed by atoms with van der Waals surface area (Å²) in [6.45, 7) is 2.94. The van der Waals surface area contributed by atoms with E-state index in [1.54, 1.807) is 0 Å². The van der Waals surface area contributed by atoms with Crippen LogP contribution in [0.1, 0.15) is 45.4 Å². The summed E-state index contributed by atoms with van der Waals surface area (Å²) in [7, 11) is 0. The lowest BCUT2D eigenvalue weighted by molar-refractivity contribution is -0.0813. The molecule has 3 N–H and O–H groups in total. The van der Waals surface area contributed by atoms with Crippen molar-refractivity contribution in [1.29, 1.82) is 0 Å². The molecule has 4 atom stereocenters. The predicted octanol–water partition coefficient (Wildman–Crippen LogP) is 1.40. The van der Waals surface area contributed by atoms with E-state index in [-0.39, 0.29) is 13.2 Å². The summed E-state index contributed by atoms with van der Waals surface area (Å²) in [6.07, 6.45) is 7.59. The Labute approximate surface area is 127 Å². The van der Waals surface area contributed by atoms with Gasteiger partial charge in [0.2, 0.25) is 0 Å². The summed E-state index contributed by atoms with van der Waals surface area (Å²) >= 11 is 0. The van der Waals surface area contributed by atoms with Crippen LogP contribution in [0.25, 0.3) is 0 Å². The van der Waals surface area contributed by atoms with Gasteiger partial charge < -0.3 is 24.8 Å². The molecule has 1 saturated heterocycles. The van der Waals surface area contributed by atoms with E-state index < -0.39 is 24.4 Å². The van der Waals surface area contributed by atoms with Crippen molar-refractivity contribution in [3.63, 3.8) is 0 Å². The molecular formula is C16H30O5. The number of hydrogen-bond donors (Lipinski definition) is 3. The fourth-order valence-electron chi connectivity index (χ4n) is 2.37. The number of unbranched alkanes of at least 4 members (excludes halogenated alkanes) is 4. The average molecular weight is 302 g/mol. The van der Waals surface area contributed by atoms with Gasteiger partial charge in [-0.25, -0.2) is 0 Å². The van der Waals surface area contributed by atoms with Crippen LogP contribution >= 0.6 is 0 Å². The van der Waals surface area contributed by atoms with E-state index in [9.17, 15) is 15.3 Å². The Hall–Kier alpha value is -0.460. The number of allylic oxidation sites excluding steroid dienone is 2. The van der Waals surface area contributed by atoms with Crippen LogP contribution in [0.15, 0.2) is 12.2 Å². The van der Waals surface area contributed by atoms with Gasteiger partial charge in [0.1, 0.15) is 24.4 Å². The molecule has 0 spiro atoms. The predicted molar refractivity (Wildman–Crippen MR) is 81.1 cm³/mol. The van der Waals surface area contributed by atoms with E-state index in [1.807, 2.05) is 0 Å². The maximum Gasteiger partial charge on any atom is 0.114 e. The lowest BCUT2D eigenvalue weighted by atomic mass is 10.1. The number of rotatable bonds is 11. The third kappa shape index (κ3) is 7.38. The zero-order chi connectivity index (χ0) is 15.5. The van der Waals surface area contributed by atoms with Crippen LogP contribution in [0, 0.1) is 0 Å². The van der Waals surface area contributed by atoms with Gasteiger partial charge in [0.05, 0.1) is 13.2 Å². The number of ether oxygens (including phenoxy) is 2. The molecule has 1 fully saturated rings. The molecule has 0 aromatic carbocycles. The molecule has 1 aliphatic rings. The minimum absolute atomic E-state index is 0.0649. The first-order valence-electron chi connectivity index (χ1n) is 8.05. The molecule has 0 bridgehead atoms. The van der Waals surface area contributed by atoms with Gasteiger partial charge in [0.15, 0.2) is 0 Å². The van der Waals surface area contributed by atoms with Gasteiger partial charge in [0, 0.05) is 6.61 Å². The second-order valence-electron chi connectivity index (χ2n) is 5.58. The highest BCUT2D eigenvalue weighted by Crippen LogP contribution is 2.17. The molecule has 5 heteroatoms. The fourth-order valence-corrected chi connectivity index (χ4v) is 2.37. The lowest BCUT2D eigenvalue weighted by Gasteiger charge is -2.20. The van der Waals surface area contributed by atoms with E-state index >= 15 is 0 Å². The molecule has 1 heterocycles. The molecule has 0 aliphatic carbocycles. The van der Waals surface area contributed by atoms with Crippen LogP contribution in [0.3, 0.4) is 0 Å². The van der Waals surface area contributed by atoms with E-state index in [2.05, 4.69) is 19.1 Å². The largest absolute Gasteiger partial charge is 0.388 e. The Bertz CT molecular complexity index is 282. The van der Waals surface area contributed by atoms with Crippen molar-refractivity contribution in [3.05, 3.63) is 12.2 Å². The SMILES string of the molecule is CC/C=C/CCCCCCOC[C@H](O)[C@@H]1OC[C@@H](O)[C@@H]1O. The molecule has 0 unspecified atom stereocenters. The molecule has 0 amide bonds. The summed E-state index contributed by atoms with van der Waals surface area (Å²) < 4.78 is 10.5. The highest BCUT2D eigenvalue weighted by Gasteiger charge is 2.39. The molecule has 1 aliphatic heterocycles. The van der Waals surface area contributed by atoms with Gasteiger partial charge in [-0.2, -0.15) is 0 Å². The number of aliphatic hydroxyl groups excluding tert-OH is 3. The first kappa shape index (κ1) is 18.6. The van der Waals surface area contributed by atoms with Gasteiger partial charge in [-0.1, -0.05) is 31.9 Å². The van der Waals surface area contributed by atoms with Gasteiger partial charge in [-0.05, 0) is 25.7 Å². The van der Waals surface area contributed by atoms with E-state index in [0.29, 0.717) is 6.61 Å². The first-order valence-corrected chi connectivity index (χ1v) is 8.05. The minimum Gasteiger partial charge on any atom is -0.388 e.